The maximum atomic E-state index is 12.3. The van der Waals surface area contributed by atoms with E-state index in [9.17, 15) is 9.59 Å². The Morgan fingerprint density at radius 1 is 1.52 bits per heavy atom. The Balaban J connectivity index is 1.61. The maximum Gasteiger partial charge on any atom is 0.228 e. The van der Waals surface area contributed by atoms with E-state index >= 15 is 0 Å². The van der Waals surface area contributed by atoms with Gasteiger partial charge in [0.2, 0.25) is 11.8 Å². The molecule has 3 rings (SSSR count). The first-order valence-corrected chi connectivity index (χ1v) is 8.15. The second kappa shape index (κ2) is 6.11. The minimum atomic E-state index is 0.0785. The van der Waals surface area contributed by atoms with E-state index < -0.39 is 0 Å². The third-order valence-electron chi connectivity index (χ3n) is 3.77. The largest absolute Gasteiger partial charge is 0.375 e. The van der Waals surface area contributed by atoms with Crippen LogP contribution >= 0.6 is 11.3 Å². The van der Waals surface area contributed by atoms with Crippen LogP contribution in [0.25, 0.3) is 0 Å². The van der Waals surface area contributed by atoms with E-state index in [1.165, 1.54) is 11.3 Å². The van der Waals surface area contributed by atoms with Crippen LogP contribution in [0.4, 0.5) is 5.13 Å². The molecule has 0 radical (unpaired) electrons. The first kappa shape index (κ1) is 14.5. The van der Waals surface area contributed by atoms with Crippen molar-refractivity contribution in [2.45, 2.75) is 32.3 Å². The molecule has 1 atom stereocenters. The van der Waals surface area contributed by atoms with Crippen molar-refractivity contribution in [1.82, 2.24) is 9.88 Å². The molecule has 3 heterocycles. The molecule has 2 saturated heterocycles. The first-order chi connectivity index (χ1) is 10.1. The summed E-state index contributed by atoms with van der Waals surface area (Å²) in [5.74, 6) is 0.207. The molecule has 0 bridgehead atoms. The van der Waals surface area contributed by atoms with Gasteiger partial charge in [0.15, 0.2) is 5.13 Å². The lowest BCUT2D eigenvalue weighted by Gasteiger charge is -2.31. The molecular formula is C14H19N3O3S. The molecule has 0 aromatic carbocycles. The van der Waals surface area contributed by atoms with E-state index in [1.807, 2.05) is 17.2 Å². The third-order valence-corrected chi connectivity index (χ3v) is 4.68. The highest BCUT2D eigenvalue weighted by Gasteiger charge is 2.26. The van der Waals surface area contributed by atoms with Crippen molar-refractivity contribution in [3.63, 3.8) is 0 Å². The fourth-order valence-electron chi connectivity index (χ4n) is 2.66. The SMILES string of the molecule is CC1CN(C(=O)Cc2csc(N3CCCC3=O)n2)CCO1. The topological polar surface area (TPSA) is 62.7 Å². The van der Waals surface area contributed by atoms with Crippen LogP contribution < -0.4 is 4.90 Å². The van der Waals surface area contributed by atoms with Gasteiger partial charge in [-0.3, -0.25) is 14.5 Å². The van der Waals surface area contributed by atoms with E-state index in [0.717, 1.165) is 23.8 Å². The predicted octanol–water partition coefficient (Wildman–Crippen LogP) is 1.06. The zero-order valence-electron chi connectivity index (χ0n) is 12.1. The molecule has 7 heteroatoms. The monoisotopic (exact) mass is 309 g/mol. The molecule has 1 aromatic rings. The summed E-state index contributed by atoms with van der Waals surface area (Å²) < 4.78 is 5.44. The maximum absolute atomic E-state index is 12.3. The molecule has 21 heavy (non-hydrogen) atoms. The zero-order valence-corrected chi connectivity index (χ0v) is 12.9. The molecule has 1 aromatic heterocycles. The van der Waals surface area contributed by atoms with Crippen molar-refractivity contribution in [3.8, 4) is 0 Å². The van der Waals surface area contributed by atoms with E-state index in [0.29, 0.717) is 32.5 Å². The van der Waals surface area contributed by atoms with Gasteiger partial charge in [0, 0.05) is 31.4 Å². The van der Waals surface area contributed by atoms with Crippen LogP contribution in [-0.4, -0.2) is 54.0 Å². The van der Waals surface area contributed by atoms with Crippen LogP contribution in [0.5, 0.6) is 0 Å². The Hall–Kier alpha value is -1.47. The summed E-state index contributed by atoms with van der Waals surface area (Å²) in [5, 5.41) is 2.60. The van der Waals surface area contributed by atoms with Gasteiger partial charge in [-0.1, -0.05) is 0 Å². The first-order valence-electron chi connectivity index (χ1n) is 7.27. The van der Waals surface area contributed by atoms with Gasteiger partial charge >= 0.3 is 0 Å². The number of nitrogens with zero attached hydrogens (tertiary/aromatic N) is 3. The minimum Gasteiger partial charge on any atom is -0.375 e. The van der Waals surface area contributed by atoms with Gasteiger partial charge in [0.1, 0.15) is 0 Å². The number of ether oxygens (including phenoxy) is 1. The lowest BCUT2D eigenvalue weighted by Crippen LogP contribution is -2.45. The van der Waals surface area contributed by atoms with Crippen LogP contribution in [0.1, 0.15) is 25.5 Å². The number of hydrogen-bond donors (Lipinski definition) is 0. The molecule has 114 valence electrons. The van der Waals surface area contributed by atoms with Crippen LogP contribution in [0.15, 0.2) is 5.38 Å². The summed E-state index contributed by atoms with van der Waals surface area (Å²) in [4.78, 5) is 31.9. The molecule has 2 amide bonds. The number of hydrogen-bond acceptors (Lipinski definition) is 5. The van der Waals surface area contributed by atoms with Gasteiger partial charge in [0.25, 0.3) is 0 Å². The normalized spacial score (nSPS) is 22.9. The smallest absolute Gasteiger partial charge is 0.228 e. The van der Waals surface area contributed by atoms with Crippen molar-refractivity contribution < 1.29 is 14.3 Å². The second-order valence-corrected chi connectivity index (χ2v) is 6.30. The Morgan fingerprint density at radius 2 is 2.38 bits per heavy atom. The molecule has 2 aliphatic heterocycles. The Kier molecular flexibility index (Phi) is 4.21. The van der Waals surface area contributed by atoms with Crippen molar-refractivity contribution in [2.75, 3.05) is 31.1 Å². The molecular weight excluding hydrogens is 290 g/mol. The molecule has 0 saturated carbocycles. The number of aromatic nitrogens is 1. The average Bonchev–Trinajstić information content (AvgIpc) is 3.07. The van der Waals surface area contributed by atoms with E-state index in [-0.39, 0.29) is 17.9 Å². The summed E-state index contributed by atoms with van der Waals surface area (Å²) in [5.41, 5.74) is 0.749. The summed E-state index contributed by atoms with van der Waals surface area (Å²) in [6.07, 6.45) is 1.87. The number of anilines is 1. The van der Waals surface area contributed by atoms with Gasteiger partial charge in [0.05, 0.1) is 24.8 Å². The summed E-state index contributed by atoms with van der Waals surface area (Å²) in [6, 6.07) is 0. The number of amides is 2. The van der Waals surface area contributed by atoms with Crippen molar-refractivity contribution in [1.29, 1.82) is 0 Å². The molecule has 0 aliphatic carbocycles. The fourth-order valence-corrected chi connectivity index (χ4v) is 3.53. The zero-order chi connectivity index (χ0) is 14.8. The van der Waals surface area contributed by atoms with Crippen molar-refractivity contribution in [3.05, 3.63) is 11.1 Å². The van der Waals surface area contributed by atoms with Crippen LogP contribution in [0, 0.1) is 0 Å². The molecule has 2 fully saturated rings. The number of morpholine rings is 1. The lowest BCUT2D eigenvalue weighted by atomic mass is 10.2. The average molecular weight is 309 g/mol. The molecule has 6 nitrogen and oxygen atoms in total. The standard InChI is InChI=1S/C14H19N3O3S/c1-10-8-16(5-6-20-10)13(19)7-11-9-21-14(15-11)17-4-2-3-12(17)18/h9-10H,2-8H2,1H3. The van der Waals surface area contributed by atoms with Crippen LogP contribution in [0.3, 0.4) is 0 Å². The van der Waals surface area contributed by atoms with E-state index in [2.05, 4.69) is 4.98 Å². The van der Waals surface area contributed by atoms with Gasteiger partial charge in [-0.25, -0.2) is 4.98 Å². The number of thiazole rings is 1. The van der Waals surface area contributed by atoms with Gasteiger partial charge in [-0.05, 0) is 13.3 Å². The van der Waals surface area contributed by atoms with E-state index in [4.69, 9.17) is 4.74 Å². The Labute approximate surface area is 127 Å². The quantitative estimate of drug-likeness (QED) is 0.837. The van der Waals surface area contributed by atoms with Gasteiger partial charge < -0.3 is 9.64 Å². The highest BCUT2D eigenvalue weighted by atomic mass is 32.1. The third kappa shape index (κ3) is 3.24. The summed E-state index contributed by atoms with van der Waals surface area (Å²) >= 11 is 1.44. The highest BCUT2D eigenvalue weighted by molar-refractivity contribution is 7.14. The van der Waals surface area contributed by atoms with E-state index in [1.54, 1.807) is 4.90 Å². The second-order valence-electron chi connectivity index (χ2n) is 5.47. The van der Waals surface area contributed by atoms with Crippen LogP contribution in [0.2, 0.25) is 0 Å². The Morgan fingerprint density at radius 3 is 3.10 bits per heavy atom. The number of rotatable bonds is 3. The van der Waals surface area contributed by atoms with Gasteiger partial charge in [-0.2, -0.15) is 0 Å². The number of carbonyl (C=O) groups is 2. The molecule has 0 N–H and O–H groups in total. The highest BCUT2D eigenvalue weighted by Crippen LogP contribution is 2.25. The molecule has 1 unspecified atom stereocenters. The molecule has 0 spiro atoms. The summed E-state index contributed by atoms with van der Waals surface area (Å²) in [7, 11) is 0. The number of carbonyl (C=O) groups excluding carboxylic acids is 2. The summed E-state index contributed by atoms with van der Waals surface area (Å²) in [6.45, 7) is 4.59. The van der Waals surface area contributed by atoms with Crippen molar-refractivity contribution >= 4 is 28.3 Å². The van der Waals surface area contributed by atoms with Crippen LogP contribution in [-0.2, 0) is 20.7 Å². The minimum absolute atomic E-state index is 0.0785. The fraction of sp³-hybridized carbons (Fsp3) is 0.643. The van der Waals surface area contributed by atoms with Crippen molar-refractivity contribution in [2.24, 2.45) is 0 Å². The molecule has 2 aliphatic rings. The lowest BCUT2D eigenvalue weighted by molar-refractivity contribution is -0.137. The Bertz CT molecular complexity index is 545. The predicted molar refractivity (Wildman–Crippen MR) is 79.4 cm³/mol. The van der Waals surface area contributed by atoms with Gasteiger partial charge in [-0.15, -0.1) is 11.3 Å².